The highest BCUT2D eigenvalue weighted by Crippen LogP contribution is 2.23. The van der Waals surface area contributed by atoms with Crippen molar-refractivity contribution >= 4 is 15.9 Å². The van der Waals surface area contributed by atoms with E-state index in [-0.39, 0.29) is 5.54 Å². The molecule has 0 amide bonds. The van der Waals surface area contributed by atoms with Crippen LogP contribution in [0.1, 0.15) is 26.3 Å². The van der Waals surface area contributed by atoms with E-state index in [0.29, 0.717) is 6.54 Å². The molecule has 0 spiro atoms. The maximum atomic E-state index is 9.63. The third-order valence-electron chi connectivity index (χ3n) is 3.03. The molecule has 0 bridgehead atoms. The smallest absolute Gasteiger partial charge is 0.119 e. The van der Waals surface area contributed by atoms with Gasteiger partial charge in [0.1, 0.15) is 5.75 Å². The molecule has 1 aromatic rings. The quantitative estimate of drug-likeness (QED) is 0.879. The molecule has 0 aromatic heterocycles. The van der Waals surface area contributed by atoms with Gasteiger partial charge in [-0.15, -0.1) is 0 Å². The number of hydrogen-bond acceptors (Lipinski definition) is 3. The number of aliphatic hydroxyl groups is 1. The Balaban J connectivity index is 2.75. The number of aliphatic hydroxyl groups excluding tert-OH is 1. The highest BCUT2D eigenvalue weighted by molar-refractivity contribution is 9.10. The van der Waals surface area contributed by atoms with E-state index >= 15 is 0 Å². The summed E-state index contributed by atoms with van der Waals surface area (Å²) in [6.07, 6.45) is -0.410. The fourth-order valence-electron chi connectivity index (χ4n) is 1.28. The summed E-state index contributed by atoms with van der Waals surface area (Å²) in [4.78, 5) is 0. The van der Waals surface area contributed by atoms with Crippen LogP contribution < -0.4 is 10.1 Å². The van der Waals surface area contributed by atoms with Gasteiger partial charge in [-0.25, -0.2) is 0 Å². The van der Waals surface area contributed by atoms with E-state index in [2.05, 4.69) is 21.2 Å². The molecular weight excluding hydrogens is 282 g/mol. The zero-order chi connectivity index (χ0) is 13.1. The van der Waals surface area contributed by atoms with Crippen LogP contribution in [-0.4, -0.2) is 23.9 Å². The number of benzene rings is 1. The van der Waals surface area contributed by atoms with Gasteiger partial charge in [0, 0.05) is 16.6 Å². The van der Waals surface area contributed by atoms with Gasteiger partial charge in [0.15, 0.2) is 0 Å². The first-order valence-electron chi connectivity index (χ1n) is 5.62. The van der Waals surface area contributed by atoms with Crippen LogP contribution in [0.4, 0.5) is 0 Å². The van der Waals surface area contributed by atoms with Gasteiger partial charge in [-0.3, -0.25) is 0 Å². The lowest BCUT2D eigenvalue weighted by Crippen LogP contribution is -2.47. The SMILES string of the molecule is COc1ccc(Br)c(CNC(C)(C)C(C)O)c1. The van der Waals surface area contributed by atoms with Crippen LogP contribution in [0.3, 0.4) is 0 Å². The summed E-state index contributed by atoms with van der Waals surface area (Å²) in [5.41, 5.74) is 0.792. The van der Waals surface area contributed by atoms with E-state index in [1.165, 1.54) is 0 Å². The number of halogens is 1. The van der Waals surface area contributed by atoms with Crippen molar-refractivity contribution in [2.24, 2.45) is 0 Å². The predicted molar refractivity (Wildman–Crippen MR) is 73.3 cm³/mol. The average Bonchev–Trinajstić information content (AvgIpc) is 2.28. The molecule has 0 fully saturated rings. The maximum Gasteiger partial charge on any atom is 0.119 e. The molecule has 2 N–H and O–H groups in total. The van der Waals surface area contributed by atoms with Crippen molar-refractivity contribution < 1.29 is 9.84 Å². The lowest BCUT2D eigenvalue weighted by Gasteiger charge is -2.29. The minimum Gasteiger partial charge on any atom is -0.497 e. The van der Waals surface area contributed by atoms with Crippen LogP contribution >= 0.6 is 15.9 Å². The molecule has 1 rings (SSSR count). The van der Waals surface area contributed by atoms with Crippen LogP contribution in [-0.2, 0) is 6.54 Å². The van der Waals surface area contributed by atoms with Gasteiger partial charge in [-0.05, 0) is 44.5 Å². The minimum absolute atomic E-state index is 0.317. The van der Waals surface area contributed by atoms with E-state index in [4.69, 9.17) is 4.74 Å². The highest BCUT2D eigenvalue weighted by atomic mass is 79.9. The third-order valence-corrected chi connectivity index (χ3v) is 3.81. The molecule has 0 saturated carbocycles. The molecular formula is C13H20BrNO2. The number of hydrogen-bond donors (Lipinski definition) is 2. The molecule has 0 aliphatic heterocycles. The van der Waals surface area contributed by atoms with E-state index in [1.54, 1.807) is 14.0 Å². The largest absolute Gasteiger partial charge is 0.497 e. The number of methoxy groups -OCH3 is 1. The molecule has 0 radical (unpaired) electrons. The van der Waals surface area contributed by atoms with Crippen molar-refractivity contribution in [2.75, 3.05) is 7.11 Å². The second-order valence-electron chi connectivity index (χ2n) is 4.71. The zero-order valence-corrected chi connectivity index (χ0v) is 12.3. The van der Waals surface area contributed by atoms with Gasteiger partial charge in [0.2, 0.25) is 0 Å². The molecule has 4 heteroatoms. The molecule has 3 nitrogen and oxygen atoms in total. The van der Waals surface area contributed by atoms with Gasteiger partial charge in [-0.1, -0.05) is 15.9 Å². The van der Waals surface area contributed by atoms with Crippen LogP contribution in [0.2, 0.25) is 0 Å². The number of rotatable bonds is 5. The predicted octanol–water partition coefficient (Wildman–Crippen LogP) is 2.71. The van der Waals surface area contributed by atoms with Gasteiger partial charge >= 0.3 is 0 Å². The summed E-state index contributed by atoms with van der Waals surface area (Å²) in [5, 5.41) is 13.0. The Hall–Kier alpha value is -0.580. The lowest BCUT2D eigenvalue weighted by atomic mass is 9.98. The molecule has 1 atom stereocenters. The van der Waals surface area contributed by atoms with Crippen molar-refractivity contribution in [2.45, 2.75) is 39.0 Å². The Kier molecular flexibility index (Phi) is 4.98. The first kappa shape index (κ1) is 14.5. The molecule has 0 aliphatic rings. The van der Waals surface area contributed by atoms with Crippen molar-refractivity contribution in [3.05, 3.63) is 28.2 Å². The summed E-state index contributed by atoms with van der Waals surface area (Å²) in [6, 6.07) is 5.85. The third kappa shape index (κ3) is 3.98. The summed E-state index contributed by atoms with van der Waals surface area (Å²) < 4.78 is 6.23. The second kappa shape index (κ2) is 5.85. The fourth-order valence-corrected chi connectivity index (χ4v) is 1.67. The lowest BCUT2D eigenvalue weighted by molar-refractivity contribution is 0.0956. The van der Waals surface area contributed by atoms with E-state index in [0.717, 1.165) is 15.8 Å². The summed E-state index contributed by atoms with van der Waals surface area (Å²) in [5.74, 6) is 0.833. The van der Waals surface area contributed by atoms with Crippen LogP contribution in [0.25, 0.3) is 0 Å². The van der Waals surface area contributed by atoms with Gasteiger partial charge in [0.25, 0.3) is 0 Å². The van der Waals surface area contributed by atoms with Crippen molar-refractivity contribution in [3.63, 3.8) is 0 Å². The normalized spacial score (nSPS) is 13.5. The van der Waals surface area contributed by atoms with Crippen LogP contribution in [0.5, 0.6) is 5.75 Å². The van der Waals surface area contributed by atoms with Gasteiger partial charge < -0.3 is 15.2 Å². The van der Waals surface area contributed by atoms with Crippen LogP contribution in [0, 0.1) is 0 Å². The molecule has 1 aromatic carbocycles. The molecule has 0 heterocycles. The van der Waals surface area contributed by atoms with Crippen molar-refractivity contribution in [3.8, 4) is 5.75 Å². The first-order valence-corrected chi connectivity index (χ1v) is 6.41. The zero-order valence-electron chi connectivity index (χ0n) is 10.7. The van der Waals surface area contributed by atoms with Crippen molar-refractivity contribution in [1.29, 1.82) is 0 Å². The molecule has 17 heavy (non-hydrogen) atoms. The monoisotopic (exact) mass is 301 g/mol. The second-order valence-corrected chi connectivity index (χ2v) is 5.56. The van der Waals surface area contributed by atoms with Gasteiger partial charge in [-0.2, -0.15) is 0 Å². The molecule has 1 unspecified atom stereocenters. The summed E-state index contributed by atoms with van der Waals surface area (Å²) >= 11 is 3.51. The van der Waals surface area contributed by atoms with Crippen LogP contribution in [0.15, 0.2) is 22.7 Å². The van der Waals surface area contributed by atoms with E-state index in [1.807, 2.05) is 32.0 Å². The summed E-state index contributed by atoms with van der Waals surface area (Å²) in [6.45, 7) is 6.42. The van der Waals surface area contributed by atoms with Gasteiger partial charge in [0.05, 0.1) is 13.2 Å². The van der Waals surface area contributed by atoms with Crippen molar-refractivity contribution in [1.82, 2.24) is 5.32 Å². The Morgan fingerprint density at radius 1 is 1.47 bits per heavy atom. The minimum atomic E-state index is -0.410. The van der Waals surface area contributed by atoms with E-state index in [9.17, 15) is 5.11 Å². The maximum absolute atomic E-state index is 9.63. The number of nitrogens with one attached hydrogen (secondary N) is 1. The molecule has 0 saturated heterocycles. The first-order chi connectivity index (χ1) is 7.86. The standard InChI is InChI=1S/C13H20BrNO2/c1-9(16)13(2,3)15-8-10-7-11(17-4)5-6-12(10)14/h5-7,9,15-16H,8H2,1-4H3. The average molecular weight is 302 g/mol. The summed E-state index contributed by atoms with van der Waals surface area (Å²) in [7, 11) is 1.65. The Bertz CT molecular complexity index is 378. The Labute approximate surface area is 111 Å². The number of ether oxygens (including phenoxy) is 1. The fraction of sp³-hybridized carbons (Fsp3) is 0.538. The highest BCUT2D eigenvalue weighted by Gasteiger charge is 2.23. The molecule has 96 valence electrons. The molecule has 0 aliphatic carbocycles. The Morgan fingerprint density at radius 2 is 2.12 bits per heavy atom. The topological polar surface area (TPSA) is 41.5 Å². The van der Waals surface area contributed by atoms with E-state index < -0.39 is 6.10 Å². The Morgan fingerprint density at radius 3 is 2.65 bits per heavy atom.